The van der Waals surface area contributed by atoms with E-state index >= 15 is 0 Å². The van der Waals surface area contributed by atoms with Crippen molar-refractivity contribution in [3.63, 3.8) is 0 Å². The van der Waals surface area contributed by atoms with Crippen molar-refractivity contribution in [1.29, 1.82) is 0 Å². The van der Waals surface area contributed by atoms with Gasteiger partial charge in [-0.05, 0) is 12.8 Å². The van der Waals surface area contributed by atoms with Gasteiger partial charge in [0.1, 0.15) is 0 Å². The molecule has 0 aromatic heterocycles. The van der Waals surface area contributed by atoms with Gasteiger partial charge in [-0.2, -0.15) is 0 Å². The first-order valence-electron chi connectivity index (χ1n) is 4.79. The van der Waals surface area contributed by atoms with E-state index in [1.165, 1.54) is 19.3 Å². The van der Waals surface area contributed by atoms with Crippen LogP contribution in [0.5, 0.6) is 0 Å². The fourth-order valence-electron chi connectivity index (χ4n) is 1.16. The van der Waals surface area contributed by atoms with Gasteiger partial charge < -0.3 is 5.11 Å². The summed E-state index contributed by atoms with van der Waals surface area (Å²) in [6.07, 6.45) is 7.77. The number of unbranched alkanes of at least 4 members (excludes halogenated alkanes) is 6. The molecule has 0 saturated carbocycles. The molecule has 3 nitrogen and oxygen atoms in total. The topological polar surface area (TPSA) is 49.7 Å². The van der Waals surface area contributed by atoms with Gasteiger partial charge in [-0.1, -0.05) is 32.1 Å². The van der Waals surface area contributed by atoms with Crippen molar-refractivity contribution in [2.75, 3.05) is 13.2 Å². The Morgan fingerprint density at radius 1 is 0.750 bits per heavy atom. The van der Waals surface area contributed by atoms with Crippen LogP contribution in [-0.4, -0.2) is 23.6 Å². The maximum atomic E-state index is 8.49. The zero-order valence-corrected chi connectivity index (χ0v) is 7.67. The predicted octanol–water partition coefficient (Wildman–Crippen LogP) is 2.20. The first-order valence-corrected chi connectivity index (χ1v) is 4.79. The second-order valence-electron chi connectivity index (χ2n) is 3.03. The molecule has 0 amide bonds. The highest BCUT2D eigenvalue weighted by atomic mass is 17.1. The Bertz CT molecular complexity index is 66.2. The molecule has 0 atom stereocenters. The summed E-state index contributed by atoms with van der Waals surface area (Å²) in [6, 6.07) is 0. The van der Waals surface area contributed by atoms with E-state index in [0.29, 0.717) is 13.2 Å². The van der Waals surface area contributed by atoms with E-state index in [0.717, 1.165) is 25.7 Å². The zero-order valence-electron chi connectivity index (χ0n) is 7.67. The van der Waals surface area contributed by atoms with Crippen molar-refractivity contribution in [3.05, 3.63) is 0 Å². The lowest BCUT2D eigenvalue weighted by atomic mass is 10.1. The van der Waals surface area contributed by atoms with Crippen molar-refractivity contribution < 1.29 is 15.3 Å². The van der Waals surface area contributed by atoms with E-state index in [4.69, 9.17) is 10.4 Å². The number of hydrogen-bond donors (Lipinski definition) is 2. The Balaban J connectivity index is 2.73. The Kier molecular flexibility index (Phi) is 10.8. The lowest BCUT2D eigenvalue weighted by Crippen LogP contribution is -1.89. The van der Waals surface area contributed by atoms with Crippen molar-refractivity contribution in [2.24, 2.45) is 0 Å². The third-order valence-corrected chi connectivity index (χ3v) is 1.89. The summed E-state index contributed by atoms with van der Waals surface area (Å²) >= 11 is 0. The minimum Gasteiger partial charge on any atom is -0.396 e. The molecule has 0 aliphatic heterocycles. The molecule has 0 rings (SSSR count). The largest absolute Gasteiger partial charge is 0.396 e. The summed E-state index contributed by atoms with van der Waals surface area (Å²) in [6.45, 7) is 0.773. The van der Waals surface area contributed by atoms with E-state index in [9.17, 15) is 0 Å². The van der Waals surface area contributed by atoms with Crippen LogP contribution < -0.4 is 0 Å². The zero-order chi connectivity index (χ0) is 9.07. The first kappa shape index (κ1) is 11.9. The van der Waals surface area contributed by atoms with Crippen LogP contribution in [0.3, 0.4) is 0 Å². The summed E-state index contributed by atoms with van der Waals surface area (Å²) in [4.78, 5) is 3.95. The van der Waals surface area contributed by atoms with Gasteiger partial charge in [0, 0.05) is 6.61 Å². The molecule has 0 bridgehead atoms. The Morgan fingerprint density at radius 3 is 1.75 bits per heavy atom. The molecule has 0 saturated heterocycles. The van der Waals surface area contributed by atoms with Crippen molar-refractivity contribution >= 4 is 0 Å². The summed E-state index contributed by atoms with van der Waals surface area (Å²) in [5.41, 5.74) is 0. The molecule has 0 heterocycles. The fourth-order valence-corrected chi connectivity index (χ4v) is 1.16. The number of hydrogen-bond acceptors (Lipinski definition) is 3. The van der Waals surface area contributed by atoms with Crippen LogP contribution in [-0.2, 0) is 4.89 Å². The van der Waals surface area contributed by atoms with E-state index < -0.39 is 0 Å². The van der Waals surface area contributed by atoms with Crippen LogP contribution in [0.1, 0.15) is 44.9 Å². The minimum absolute atomic E-state index is 0.318. The van der Waals surface area contributed by atoms with Crippen molar-refractivity contribution in [1.82, 2.24) is 0 Å². The number of aliphatic hydroxyl groups excluding tert-OH is 1. The normalized spacial score (nSPS) is 10.5. The Labute approximate surface area is 74.3 Å². The minimum atomic E-state index is 0.318. The molecule has 0 fully saturated rings. The molecule has 74 valence electrons. The van der Waals surface area contributed by atoms with Crippen molar-refractivity contribution in [3.8, 4) is 0 Å². The molecule has 0 radical (unpaired) electrons. The lowest BCUT2D eigenvalue weighted by Gasteiger charge is -1.99. The fraction of sp³-hybridized carbons (Fsp3) is 1.00. The summed E-state index contributed by atoms with van der Waals surface area (Å²) in [5, 5.41) is 16.5. The number of rotatable bonds is 9. The van der Waals surface area contributed by atoms with Gasteiger partial charge in [0.05, 0.1) is 6.61 Å². The van der Waals surface area contributed by atoms with Gasteiger partial charge in [0.15, 0.2) is 0 Å². The monoisotopic (exact) mass is 176 g/mol. The van der Waals surface area contributed by atoms with E-state index in [-0.39, 0.29) is 0 Å². The molecule has 0 aliphatic carbocycles. The maximum absolute atomic E-state index is 8.49. The molecule has 0 unspecified atom stereocenters. The summed E-state index contributed by atoms with van der Waals surface area (Å²) in [7, 11) is 0. The molecule has 3 heteroatoms. The van der Waals surface area contributed by atoms with Crippen LogP contribution in [0.4, 0.5) is 0 Å². The van der Waals surface area contributed by atoms with E-state index in [2.05, 4.69) is 4.89 Å². The lowest BCUT2D eigenvalue weighted by molar-refractivity contribution is -0.242. The van der Waals surface area contributed by atoms with Crippen LogP contribution in [0.2, 0.25) is 0 Å². The number of aliphatic hydroxyl groups is 1. The van der Waals surface area contributed by atoms with E-state index in [1.807, 2.05) is 0 Å². The highest BCUT2D eigenvalue weighted by molar-refractivity contribution is 4.44. The highest BCUT2D eigenvalue weighted by Crippen LogP contribution is 2.06. The second kappa shape index (κ2) is 10.9. The quantitative estimate of drug-likeness (QED) is 0.321. The third kappa shape index (κ3) is 9.88. The van der Waals surface area contributed by atoms with Gasteiger partial charge in [-0.15, -0.1) is 0 Å². The van der Waals surface area contributed by atoms with Gasteiger partial charge in [-0.25, -0.2) is 4.89 Å². The predicted molar refractivity (Wildman–Crippen MR) is 48.0 cm³/mol. The molecule has 12 heavy (non-hydrogen) atoms. The van der Waals surface area contributed by atoms with E-state index in [1.54, 1.807) is 0 Å². The smallest absolute Gasteiger partial charge is 0.0819 e. The van der Waals surface area contributed by atoms with Gasteiger partial charge >= 0.3 is 0 Å². The summed E-state index contributed by atoms with van der Waals surface area (Å²) < 4.78 is 0. The van der Waals surface area contributed by atoms with Gasteiger partial charge in [0.25, 0.3) is 0 Å². The molecular formula is C9H20O3. The van der Waals surface area contributed by atoms with Crippen LogP contribution >= 0.6 is 0 Å². The second-order valence-corrected chi connectivity index (χ2v) is 3.03. The first-order chi connectivity index (χ1) is 5.91. The molecule has 0 spiro atoms. The van der Waals surface area contributed by atoms with Gasteiger partial charge in [0.2, 0.25) is 0 Å². The van der Waals surface area contributed by atoms with Crippen LogP contribution in [0.15, 0.2) is 0 Å². The summed E-state index contributed by atoms with van der Waals surface area (Å²) in [5.74, 6) is 0. The molecule has 0 aromatic rings. The molecule has 2 N–H and O–H groups in total. The van der Waals surface area contributed by atoms with Gasteiger partial charge in [-0.3, -0.25) is 5.26 Å². The van der Waals surface area contributed by atoms with Crippen LogP contribution in [0.25, 0.3) is 0 Å². The molecular weight excluding hydrogens is 156 g/mol. The molecule has 0 aliphatic rings. The third-order valence-electron chi connectivity index (χ3n) is 1.89. The standard InChI is InChI=1S/C9H20O3/c10-8-6-4-2-1-3-5-7-9-12-11/h10-11H,1-9H2. The average Bonchev–Trinajstić information content (AvgIpc) is 2.10. The maximum Gasteiger partial charge on any atom is 0.0819 e. The Hall–Kier alpha value is -0.120. The van der Waals surface area contributed by atoms with Crippen LogP contribution in [0, 0.1) is 0 Å². The SMILES string of the molecule is OCCCCCCCCCOO. The molecule has 0 aromatic carbocycles. The van der Waals surface area contributed by atoms with Crippen molar-refractivity contribution in [2.45, 2.75) is 44.9 Å². The highest BCUT2D eigenvalue weighted by Gasteiger charge is 1.90. The average molecular weight is 176 g/mol. The Morgan fingerprint density at radius 2 is 1.25 bits per heavy atom.